The van der Waals surface area contributed by atoms with Crippen molar-refractivity contribution in [1.82, 2.24) is 23.9 Å². The van der Waals surface area contributed by atoms with Crippen molar-refractivity contribution in [3.05, 3.63) is 80.4 Å². The molecule has 0 bridgehead atoms. The highest BCUT2D eigenvalue weighted by molar-refractivity contribution is 8.07. The Morgan fingerprint density at radius 2 is 1.38 bits per heavy atom. The monoisotopic (exact) mass is 915 g/mol. The minimum absolute atomic E-state index is 0.0580. The van der Waals surface area contributed by atoms with E-state index in [-0.39, 0.29) is 35.2 Å². The Hall–Kier alpha value is -5.13. The van der Waals surface area contributed by atoms with Gasteiger partial charge in [0.05, 0.1) is 15.3 Å². The van der Waals surface area contributed by atoms with E-state index >= 15 is 0 Å². The first kappa shape index (κ1) is 44.0. The molecule has 58 heavy (non-hydrogen) atoms. The maximum Gasteiger partial charge on any atom is 0.323 e. The molecular formula is C31H29N7O14S6. The van der Waals surface area contributed by atoms with Crippen LogP contribution in [0.15, 0.2) is 36.1 Å². The third-order valence-electron chi connectivity index (χ3n) is 8.30. The predicted molar refractivity (Wildman–Crippen MR) is 208 cm³/mol. The fraction of sp³-hybridized carbons (Fsp3) is 0.355. The van der Waals surface area contributed by atoms with Gasteiger partial charge < -0.3 is 20.4 Å². The lowest BCUT2D eigenvalue weighted by Crippen LogP contribution is -2.37. The van der Waals surface area contributed by atoms with Crippen LogP contribution in [0, 0.1) is 41.1 Å². The summed E-state index contributed by atoms with van der Waals surface area (Å²) in [6.07, 6.45) is 4.50. The van der Waals surface area contributed by atoms with Crippen molar-refractivity contribution in [2.75, 3.05) is 18.2 Å². The summed E-state index contributed by atoms with van der Waals surface area (Å²) in [4.78, 5) is 81.0. The van der Waals surface area contributed by atoms with Crippen LogP contribution >= 0.6 is 45.8 Å². The van der Waals surface area contributed by atoms with Crippen molar-refractivity contribution in [3.8, 4) is 12.1 Å². The SMILES string of the molecule is CC(C=C1SC2=C(CCCC2)N1CC(=O)NCS(=O)(=O)O)=c1s/c(=c2/s/c(=c3/sc(=C(C#N)C#N)n(CCS(=O)(=O)O)c3=O)n(CC(=O)O)c2=O)n(CC(=O)O)c1=O. The summed E-state index contributed by atoms with van der Waals surface area (Å²) in [5.74, 6) is -5.80. The number of amides is 1. The molecule has 3 aromatic rings. The normalized spacial score (nSPS) is 16.8. The summed E-state index contributed by atoms with van der Waals surface area (Å²) < 4.78 is 64.2. The van der Waals surface area contributed by atoms with Gasteiger partial charge in [0.15, 0.2) is 5.57 Å². The van der Waals surface area contributed by atoms with Crippen LogP contribution in [0.2, 0.25) is 0 Å². The fourth-order valence-corrected chi connectivity index (χ4v) is 11.6. The maximum atomic E-state index is 14.0. The highest BCUT2D eigenvalue weighted by Gasteiger charge is 2.31. The van der Waals surface area contributed by atoms with Crippen LogP contribution in [0.3, 0.4) is 0 Å². The van der Waals surface area contributed by atoms with Gasteiger partial charge in [0.1, 0.15) is 60.7 Å². The summed E-state index contributed by atoms with van der Waals surface area (Å²) >= 11 is 2.97. The van der Waals surface area contributed by atoms with Crippen molar-refractivity contribution in [1.29, 1.82) is 10.5 Å². The van der Waals surface area contributed by atoms with Crippen LogP contribution < -0.4 is 31.2 Å². The molecule has 0 aromatic carbocycles. The lowest BCUT2D eigenvalue weighted by Gasteiger charge is -2.24. The van der Waals surface area contributed by atoms with Gasteiger partial charge in [-0.2, -0.15) is 27.4 Å². The fourth-order valence-electron chi connectivity index (χ4n) is 5.84. The van der Waals surface area contributed by atoms with Gasteiger partial charge in [-0.15, -0.1) is 34.0 Å². The van der Waals surface area contributed by atoms with Gasteiger partial charge in [0, 0.05) is 17.1 Å². The van der Waals surface area contributed by atoms with Crippen molar-refractivity contribution >= 4 is 95.0 Å². The second-order valence-corrected chi connectivity index (χ2v) is 19.5. The number of nitrogens with zero attached hydrogens (tertiary/aromatic N) is 6. The van der Waals surface area contributed by atoms with Gasteiger partial charge >= 0.3 is 11.9 Å². The summed E-state index contributed by atoms with van der Waals surface area (Å²) in [6.45, 7) is -1.56. The van der Waals surface area contributed by atoms with Crippen molar-refractivity contribution in [2.45, 2.75) is 52.2 Å². The molecule has 1 amide bonds. The number of aliphatic carboxylic acids is 2. The summed E-state index contributed by atoms with van der Waals surface area (Å²) in [6, 6.07) is 3.15. The number of allylic oxidation sites excluding steroid dienone is 3. The third-order valence-corrected chi connectivity index (χ3v) is 14.7. The van der Waals surface area contributed by atoms with E-state index in [0.717, 1.165) is 28.0 Å². The van der Waals surface area contributed by atoms with Crippen LogP contribution in [0.5, 0.6) is 0 Å². The number of hydrogen-bond donors (Lipinski definition) is 5. The number of nitrogens with one attached hydrogen (secondary N) is 1. The Balaban J connectivity index is 1.85. The summed E-state index contributed by atoms with van der Waals surface area (Å²) in [7, 11) is -9.17. The Labute approximate surface area is 341 Å². The zero-order valence-corrected chi connectivity index (χ0v) is 34.6. The zero-order chi connectivity index (χ0) is 42.9. The van der Waals surface area contributed by atoms with Crippen LogP contribution in [0.25, 0.3) is 11.1 Å². The number of hydrogen-bond acceptors (Lipinski definition) is 17. The Morgan fingerprint density at radius 3 is 1.97 bits per heavy atom. The van der Waals surface area contributed by atoms with Crippen LogP contribution in [0.1, 0.15) is 32.6 Å². The number of carboxylic acid groups (broad SMARTS) is 2. The number of carbonyl (C=O) groups is 3. The highest BCUT2D eigenvalue weighted by Crippen LogP contribution is 2.47. The molecule has 2 aliphatic rings. The Kier molecular flexibility index (Phi) is 13.2. The van der Waals surface area contributed by atoms with Gasteiger partial charge in [-0.25, -0.2) is 0 Å². The molecule has 27 heteroatoms. The number of carboxylic acids is 2. The first-order chi connectivity index (χ1) is 27.1. The van der Waals surface area contributed by atoms with Crippen molar-refractivity contribution in [2.24, 2.45) is 0 Å². The van der Waals surface area contributed by atoms with Crippen LogP contribution in [-0.2, 0) is 54.3 Å². The molecule has 0 radical (unpaired) electrons. The lowest BCUT2D eigenvalue weighted by molar-refractivity contribution is -0.138. The van der Waals surface area contributed by atoms with E-state index in [1.807, 2.05) is 0 Å². The van der Waals surface area contributed by atoms with Gasteiger partial charge in [0.2, 0.25) is 5.91 Å². The van der Waals surface area contributed by atoms with E-state index in [1.165, 1.54) is 18.7 Å². The molecule has 1 aliphatic heterocycles. The minimum atomic E-state index is -4.66. The molecule has 308 valence electrons. The van der Waals surface area contributed by atoms with Crippen molar-refractivity contribution in [3.63, 3.8) is 0 Å². The summed E-state index contributed by atoms with van der Waals surface area (Å²) in [5.41, 5.74) is -2.54. The van der Waals surface area contributed by atoms with Gasteiger partial charge in [0.25, 0.3) is 36.9 Å². The van der Waals surface area contributed by atoms with E-state index in [4.69, 9.17) is 4.55 Å². The second-order valence-electron chi connectivity index (χ2n) is 12.4. The second kappa shape index (κ2) is 17.4. The smallest absolute Gasteiger partial charge is 0.323 e. The van der Waals surface area contributed by atoms with Gasteiger partial charge in [-0.1, -0.05) is 11.8 Å². The summed E-state index contributed by atoms with van der Waals surface area (Å²) in [5, 5.41) is 41.2. The largest absolute Gasteiger partial charge is 0.480 e. The average molecular weight is 916 g/mol. The number of aromatic nitrogens is 3. The first-order valence-electron chi connectivity index (χ1n) is 16.4. The molecule has 0 saturated carbocycles. The number of nitriles is 2. The molecule has 5 rings (SSSR count). The topological polar surface area (TPSA) is 329 Å². The minimum Gasteiger partial charge on any atom is -0.480 e. The lowest BCUT2D eigenvalue weighted by atomic mass is 10.0. The van der Waals surface area contributed by atoms with Crippen LogP contribution in [0.4, 0.5) is 0 Å². The van der Waals surface area contributed by atoms with E-state index in [1.54, 1.807) is 23.1 Å². The molecule has 4 heterocycles. The molecule has 0 fully saturated rings. The van der Waals surface area contributed by atoms with Gasteiger partial charge in [-0.05, 0) is 44.3 Å². The molecule has 0 atom stereocenters. The van der Waals surface area contributed by atoms with E-state index in [9.17, 15) is 70.9 Å². The van der Waals surface area contributed by atoms with E-state index in [0.29, 0.717) is 61.0 Å². The molecule has 0 unspecified atom stereocenters. The number of thioether (sulfide) groups is 1. The molecule has 1 aliphatic carbocycles. The van der Waals surface area contributed by atoms with Gasteiger partial charge in [-0.3, -0.25) is 51.6 Å². The number of carbonyl (C=O) groups excluding carboxylic acids is 1. The maximum absolute atomic E-state index is 14.0. The zero-order valence-electron chi connectivity index (χ0n) is 29.7. The molecule has 0 saturated heterocycles. The number of thiazole rings is 3. The third kappa shape index (κ3) is 9.76. The Bertz CT molecular complexity index is 3160. The first-order valence-corrected chi connectivity index (χ1v) is 22.8. The van der Waals surface area contributed by atoms with Crippen molar-refractivity contribution < 1.29 is 50.5 Å². The molecule has 0 spiro atoms. The molecule has 21 nitrogen and oxygen atoms in total. The molecule has 5 N–H and O–H groups in total. The highest BCUT2D eigenvalue weighted by atomic mass is 32.2. The predicted octanol–water partition coefficient (Wildman–Crippen LogP) is -1.01. The van der Waals surface area contributed by atoms with E-state index in [2.05, 4.69) is 5.32 Å². The van der Waals surface area contributed by atoms with E-state index < -0.39 is 96.1 Å². The quantitative estimate of drug-likeness (QED) is 0.136. The average Bonchev–Trinajstić information content (AvgIpc) is 3.83. The number of rotatable bonds is 12. The van der Waals surface area contributed by atoms with Crippen LogP contribution in [-0.4, -0.2) is 90.8 Å². The standard InChI is InChI=1S/C31H29N7O14S6/c1-15(8-20-36(11-19(39)34-14-58(50,51)52)17-4-2-3-5-18(17)53-20)23-26(44)37(12-21(40)41)30(54-23)25-28(46)38(13-22(42)43)31(56-25)24-27(45)35(6-7-57(47,48)49)29(55-24)16(9-32)10-33/h8H,2-7,11-14H2,1H3,(H,34,39)(H,40,41)(H,42,43)(H,47,48,49)(H,50,51,52)/b20-8?,23-15?,30-25+,31-24+. The molecular weight excluding hydrogens is 887 g/mol. The Morgan fingerprint density at radius 1 is 0.810 bits per heavy atom. The molecule has 3 aromatic heterocycles.